The van der Waals surface area contributed by atoms with Crippen LogP contribution in [0, 0.1) is 5.92 Å². The van der Waals surface area contributed by atoms with Crippen LogP contribution in [0.15, 0.2) is 42.5 Å². The van der Waals surface area contributed by atoms with Crippen LogP contribution in [0.2, 0.25) is 0 Å². The van der Waals surface area contributed by atoms with Gasteiger partial charge in [-0.25, -0.2) is 4.79 Å². The summed E-state index contributed by atoms with van der Waals surface area (Å²) >= 11 is 0. The van der Waals surface area contributed by atoms with E-state index in [9.17, 15) is 19.2 Å². The van der Waals surface area contributed by atoms with Crippen molar-refractivity contribution in [1.29, 1.82) is 0 Å². The van der Waals surface area contributed by atoms with Crippen molar-refractivity contribution < 1.29 is 33.4 Å². The van der Waals surface area contributed by atoms with Crippen LogP contribution in [0.1, 0.15) is 42.1 Å². The van der Waals surface area contributed by atoms with Gasteiger partial charge in [0.05, 0.1) is 31.9 Å². The van der Waals surface area contributed by atoms with Crippen LogP contribution in [-0.4, -0.2) is 116 Å². The molecule has 1 N–H and O–H groups in total. The van der Waals surface area contributed by atoms with E-state index < -0.39 is 6.04 Å². The normalized spacial score (nSPS) is 21.4. The number of rotatable bonds is 3. The van der Waals surface area contributed by atoms with Crippen LogP contribution >= 0.6 is 0 Å². The number of ether oxygens (including phenoxy) is 3. The SMILES string of the molecule is CCOc1cc2cc(c1)C(=O)N(C)CC(=O)N[C@H]1CN(C(=O)C3CCN(C(=O)N(C)C)CC3)CC[C@H]1OCc1cccc(c1)O2. The highest BCUT2D eigenvalue weighted by molar-refractivity contribution is 5.97. The van der Waals surface area contributed by atoms with Crippen LogP contribution in [0.25, 0.3) is 0 Å². The van der Waals surface area contributed by atoms with E-state index >= 15 is 0 Å². The Labute approximate surface area is 264 Å². The number of amides is 5. The standard InChI is InChI=1S/C33H43N5O7/c1-5-43-26-16-24-17-27(18-26)45-25-8-6-7-22(15-25)21-44-29-11-14-38(19-28(29)34-30(39)20-36(4)31(24)40)32(41)23-9-12-37(13-10-23)33(42)35(2)3/h6-8,15-18,23,28-29H,5,9-14,19-21H2,1-4H3,(H,34,39)/t28-,29+/m0/s1. The third-order valence-corrected chi connectivity index (χ3v) is 8.47. The number of hydrogen-bond acceptors (Lipinski definition) is 7. The first-order chi connectivity index (χ1) is 21.6. The zero-order chi connectivity index (χ0) is 32.1. The zero-order valence-corrected chi connectivity index (χ0v) is 26.5. The van der Waals surface area contributed by atoms with Crippen LogP contribution in [0.4, 0.5) is 4.79 Å². The summed E-state index contributed by atoms with van der Waals surface area (Å²) in [7, 11) is 5.02. The van der Waals surface area contributed by atoms with E-state index in [1.165, 1.54) is 4.90 Å². The Kier molecular flexibility index (Phi) is 10.1. The van der Waals surface area contributed by atoms with Crippen LogP contribution in [-0.2, 0) is 20.9 Å². The Morgan fingerprint density at radius 1 is 1.00 bits per heavy atom. The monoisotopic (exact) mass is 621 g/mol. The molecule has 0 saturated carbocycles. The fourth-order valence-corrected chi connectivity index (χ4v) is 6.13. The quantitative estimate of drug-likeness (QED) is 0.560. The number of carbonyl (C=O) groups is 4. The summed E-state index contributed by atoms with van der Waals surface area (Å²) in [5, 5.41) is 3.06. The summed E-state index contributed by atoms with van der Waals surface area (Å²) in [4.78, 5) is 59.1. The summed E-state index contributed by atoms with van der Waals surface area (Å²) in [5.41, 5.74) is 1.22. The first kappa shape index (κ1) is 32.1. The summed E-state index contributed by atoms with van der Waals surface area (Å²) < 4.78 is 18.2. The van der Waals surface area contributed by atoms with Crippen molar-refractivity contribution >= 4 is 23.8 Å². The molecular formula is C33H43N5O7. The smallest absolute Gasteiger partial charge is 0.319 e. The predicted octanol–water partition coefficient (Wildman–Crippen LogP) is 2.96. The van der Waals surface area contributed by atoms with E-state index in [1.54, 1.807) is 54.0 Å². The summed E-state index contributed by atoms with van der Waals surface area (Å²) in [6.45, 7) is 4.26. The largest absolute Gasteiger partial charge is 0.494 e. The van der Waals surface area contributed by atoms with E-state index in [1.807, 2.05) is 31.2 Å². The van der Waals surface area contributed by atoms with Crippen LogP contribution in [0.3, 0.4) is 0 Å². The Balaban J connectivity index is 1.33. The minimum Gasteiger partial charge on any atom is -0.494 e. The molecular weight excluding hydrogens is 578 g/mol. The number of piperidine rings is 2. The minimum atomic E-state index is -0.464. The summed E-state index contributed by atoms with van der Waals surface area (Å²) in [6.07, 6.45) is 1.41. The van der Waals surface area contributed by atoms with E-state index in [4.69, 9.17) is 14.2 Å². The van der Waals surface area contributed by atoms with Gasteiger partial charge in [0.25, 0.3) is 5.91 Å². The van der Waals surface area contributed by atoms with Crippen molar-refractivity contribution in [1.82, 2.24) is 24.9 Å². The molecule has 2 atom stereocenters. The first-order valence-electron chi connectivity index (χ1n) is 15.6. The topological polar surface area (TPSA) is 121 Å². The zero-order valence-electron chi connectivity index (χ0n) is 26.5. The number of nitrogens with zero attached hydrogens (tertiary/aromatic N) is 4. The molecule has 5 rings (SSSR count). The van der Waals surface area contributed by atoms with Crippen molar-refractivity contribution in [3.05, 3.63) is 53.6 Å². The van der Waals surface area contributed by atoms with Gasteiger partial charge >= 0.3 is 6.03 Å². The van der Waals surface area contributed by atoms with Gasteiger partial charge in [-0.3, -0.25) is 14.4 Å². The third kappa shape index (κ3) is 7.86. The molecule has 2 fully saturated rings. The second-order valence-electron chi connectivity index (χ2n) is 12.1. The number of likely N-dealkylation sites (tertiary alicyclic amines) is 2. The molecule has 2 aromatic rings. The molecule has 4 bridgehead atoms. The summed E-state index contributed by atoms with van der Waals surface area (Å²) in [6, 6.07) is 12.0. The highest BCUT2D eigenvalue weighted by Crippen LogP contribution is 2.30. The second-order valence-corrected chi connectivity index (χ2v) is 12.1. The van der Waals surface area contributed by atoms with Crippen LogP contribution in [0.5, 0.6) is 17.2 Å². The Bertz CT molecular complexity index is 1410. The van der Waals surface area contributed by atoms with Crippen molar-refractivity contribution in [2.45, 2.75) is 44.9 Å². The molecule has 0 spiro atoms. The molecule has 0 unspecified atom stereocenters. The second kappa shape index (κ2) is 14.2. The third-order valence-electron chi connectivity index (χ3n) is 8.47. The van der Waals surface area contributed by atoms with Gasteiger partial charge in [0.1, 0.15) is 17.2 Å². The number of carbonyl (C=O) groups excluding carboxylic acids is 4. The molecule has 3 aliphatic rings. The number of hydrogen-bond donors (Lipinski definition) is 1. The summed E-state index contributed by atoms with van der Waals surface area (Å²) in [5.74, 6) is 0.673. The molecule has 12 heteroatoms. The van der Waals surface area contributed by atoms with Gasteiger partial charge in [-0.1, -0.05) is 12.1 Å². The maximum absolute atomic E-state index is 13.6. The maximum atomic E-state index is 13.6. The molecule has 0 radical (unpaired) electrons. The number of fused-ring (bicyclic) bond motifs is 5. The lowest BCUT2D eigenvalue weighted by atomic mass is 9.93. The highest BCUT2D eigenvalue weighted by Gasteiger charge is 2.37. The fraction of sp³-hybridized carbons (Fsp3) is 0.515. The molecule has 0 aromatic heterocycles. The van der Waals surface area contributed by atoms with Crippen LogP contribution < -0.4 is 14.8 Å². The Morgan fingerprint density at radius 2 is 1.76 bits per heavy atom. The molecule has 12 nitrogen and oxygen atoms in total. The number of likely N-dealkylation sites (N-methyl/N-ethyl adjacent to an activating group) is 1. The van der Waals surface area contributed by atoms with Gasteiger partial charge < -0.3 is 39.1 Å². The van der Waals surface area contributed by atoms with Crippen molar-refractivity contribution in [2.75, 3.05) is 60.5 Å². The molecule has 2 aromatic carbocycles. The van der Waals surface area contributed by atoms with E-state index in [0.717, 1.165) is 5.56 Å². The fourth-order valence-electron chi connectivity index (χ4n) is 6.13. The average molecular weight is 622 g/mol. The van der Waals surface area contributed by atoms with Gasteiger partial charge in [0.2, 0.25) is 11.8 Å². The molecule has 242 valence electrons. The van der Waals surface area contributed by atoms with Crippen molar-refractivity contribution in [2.24, 2.45) is 5.92 Å². The molecule has 3 heterocycles. The number of urea groups is 1. The Morgan fingerprint density at radius 3 is 2.49 bits per heavy atom. The lowest BCUT2D eigenvalue weighted by Crippen LogP contribution is -2.59. The van der Waals surface area contributed by atoms with E-state index in [0.29, 0.717) is 81.5 Å². The van der Waals surface area contributed by atoms with Gasteiger partial charge in [-0.2, -0.15) is 0 Å². The average Bonchev–Trinajstić information content (AvgIpc) is 3.03. The molecule has 0 aliphatic carbocycles. The number of nitrogens with one attached hydrogen (secondary N) is 1. The van der Waals surface area contributed by atoms with Gasteiger partial charge in [0.15, 0.2) is 0 Å². The molecule has 2 saturated heterocycles. The molecule has 45 heavy (non-hydrogen) atoms. The molecule has 5 amide bonds. The molecule has 3 aliphatic heterocycles. The predicted molar refractivity (Wildman–Crippen MR) is 166 cm³/mol. The Hall–Kier alpha value is -4.32. The van der Waals surface area contributed by atoms with Gasteiger partial charge in [-0.15, -0.1) is 0 Å². The first-order valence-corrected chi connectivity index (χ1v) is 15.6. The number of benzene rings is 2. The van der Waals surface area contributed by atoms with Gasteiger partial charge in [-0.05, 0) is 56.0 Å². The van der Waals surface area contributed by atoms with Gasteiger partial charge in [0, 0.05) is 64.9 Å². The van der Waals surface area contributed by atoms with Crippen molar-refractivity contribution in [3.8, 4) is 17.2 Å². The van der Waals surface area contributed by atoms with E-state index in [-0.39, 0.29) is 42.3 Å². The minimum absolute atomic E-state index is 0.0360. The lowest BCUT2D eigenvalue weighted by molar-refractivity contribution is -0.142. The maximum Gasteiger partial charge on any atom is 0.319 e. The lowest BCUT2D eigenvalue weighted by Gasteiger charge is -2.41. The van der Waals surface area contributed by atoms with E-state index in [2.05, 4.69) is 5.32 Å². The highest BCUT2D eigenvalue weighted by atomic mass is 16.5. The van der Waals surface area contributed by atoms with Crippen molar-refractivity contribution in [3.63, 3.8) is 0 Å².